The lowest BCUT2D eigenvalue weighted by Crippen LogP contribution is -2.44. The van der Waals surface area contributed by atoms with E-state index >= 15 is 0 Å². The van der Waals surface area contributed by atoms with Crippen molar-refractivity contribution in [2.24, 2.45) is 5.73 Å². The van der Waals surface area contributed by atoms with E-state index in [1.807, 2.05) is 6.07 Å². The number of carboxylic acid groups (broad SMARTS) is 1. The first-order valence-corrected chi connectivity index (χ1v) is 5.94. The zero-order valence-corrected chi connectivity index (χ0v) is 11.2. The molecule has 0 aliphatic heterocycles. The van der Waals surface area contributed by atoms with E-state index in [4.69, 9.17) is 10.8 Å². The summed E-state index contributed by atoms with van der Waals surface area (Å²) in [5, 5.41) is 8.75. The summed E-state index contributed by atoms with van der Waals surface area (Å²) in [7, 11) is 1.58. The van der Waals surface area contributed by atoms with Gasteiger partial charge in [0.05, 0.1) is 19.6 Å². The number of carboxylic acids is 1. The first-order valence-electron chi connectivity index (χ1n) is 5.94. The standard InChI is InChI=1S/C13H17N3O4/c1-15(10-5-3-2-4-6-10)12(18)8-16(7-11(14)17)9-13(19)20/h2-6H,7-9H2,1H3,(H2,14,17)(H,19,20). The van der Waals surface area contributed by atoms with Crippen LogP contribution in [0.1, 0.15) is 0 Å². The molecule has 0 aliphatic carbocycles. The molecule has 0 radical (unpaired) electrons. The predicted molar refractivity (Wildman–Crippen MR) is 73.1 cm³/mol. The Hall–Kier alpha value is -2.41. The van der Waals surface area contributed by atoms with Crippen molar-refractivity contribution in [1.29, 1.82) is 0 Å². The van der Waals surface area contributed by atoms with Gasteiger partial charge in [0, 0.05) is 12.7 Å². The summed E-state index contributed by atoms with van der Waals surface area (Å²) < 4.78 is 0. The molecule has 3 N–H and O–H groups in total. The second-order valence-corrected chi connectivity index (χ2v) is 4.29. The monoisotopic (exact) mass is 279 g/mol. The molecule has 0 atom stereocenters. The highest BCUT2D eigenvalue weighted by Crippen LogP contribution is 2.11. The van der Waals surface area contributed by atoms with E-state index in [2.05, 4.69) is 0 Å². The highest BCUT2D eigenvalue weighted by atomic mass is 16.4. The van der Waals surface area contributed by atoms with E-state index in [0.717, 1.165) is 0 Å². The van der Waals surface area contributed by atoms with Crippen molar-refractivity contribution in [1.82, 2.24) is 4.90 Å². The number of nitrogens with two attached hydrogens (primary N) is 1. The topological polar surface area (TPSA) is 104 Å². The SMILES string of the molecule is CN(C(=O)CN(CC(N)=O)CC(=O)O)c1ccccc1. The summed E-state index contributed by atoms with van der Waals surface area (Å²) in [5.41, 5.74) is 5.72. The van der Waals surface area contributed by atoms with Gasteiger partial charge >= 0.3 is 5.97 Å². The minimum absolute atomic E-state index is 0.194. The third-order valence-electron chi connectivity index (χ3n) is 2.61. The number of nitrogens with zero attached hydrogens (tertiary/aromatic N) is 2. The summed E-state index contributed by atoms with van der Waals surface area (Å²) in [6.45, 7) is -0.890. The Morgan fingerprint density at radius 1 is 1.10 bits per heavy atom. The van der Waals surface area contributed by atoms with Gasteiger partial charge in [-0.1, -0.05) is 18.2 Å². The Morgan fingerprint density at radius 3 is 2.20 bits per heavy atom. The fourth-order valence-corrected chi connectivity index (χ4v) is 1.67. The zero-order chi connectivity index (χ0) is 15.1. The maximum absolute atomic E-state index is 12.1. The summed E-state index contributed by atoms with van der Waals surface area (Å²) >= 11 is 0. The number of primary amides is 1. The third kappa shape index (κ3) is 5.07. The van der Waals surface area contributed by atoms with Gasteiger partial charge in [0.15, 0.2) is 0 Å². The molecule has 0 aliphatic rings. The zero-order valence-electron chi connectivity index (χ0n) is 11.2. The highest BCUT2D eigenvalue weighted by molar-refractivity contribution is 5.94. The molecule has 1 rings (SSSR count). The van der Waals surface area contributed by atoms with E-state index < -0.39 is 18.4 Å². The van der Waals surface area contributed by atoms with Gasteiger partial charge in [-0.15, -0.1) is 0 Å². The van der Waals surface area contributed by atoms with Gasteiger partial charge < -0.3 is 15.7 Å². The molecule has 0 fully saturated rings. The van der Waals surface area contributed by atoms with Gasteiger partial charge in [0.2, 0.25) is 11.8 Å². The number of rotatable bonds is 7. The first-order chi connectivity index (χ1) is 9.40. The molecule has 2 amide bonds. The molecule has 1 aromatic carbocycles. The molecular weight excluding hydrogens is 262 g/mol. The molecule has 0 heterocycles. The van der Waals surface area contributed by atoms with Crippen molar-refractivity contribution in [3.63, 3.8) is 0 Å². The van der Waals surface area contributed by atoms with Crippen LogP contribution >= 0.6 is 0 Å². The molecular formula is C13H17N3O4. The van der Waals surface area contributed by atoms with Gasteiger partial charge in [-0.3, -0.25) is 19.3 Å². The van der Waals surface area contributed by atoms with Crippen molar-refractivity contribution in [2.45, 2.75) is 0 Å². The van der Waals surface area contributed by atoms with Crippen molar-refractivity contribution >= 4 is 23.5 Å². The number of likely N-dealkylation sites (N-methyl/N-ethyl adjacent to an activating group) is 1. The van der Waals surface area contributed by atoms with Gasteiger partial charge in [0.1, 0.15) is 0 Å². The smallest absolute Gasteiger partial charge is 0.317 e. The van der Waals surface area contributed by atoms with Crippen LogP contribution in [0.3, 0.4) is 0 Å². The van der Waals surface area contributed by atoms with Crippen LogP contribution in [0, 0.1) is 0 Å². The van der Waals surface area contributed by atoms with Gasteiger partial charge in [-0.2, -0.15) is 0 Å². The predicted octanol–water partition coefficient (Wildman–Crippen LogP) is -0.479. The minimum Gasteiger partial charge on any atom is -0.480 e. The van der Waals surface area contributed by atoms with Crippen LogP contribution in [0.15, 0.2) is 30.3 Å². The Bertz CT molecular complexity index is 474. The average molecular weight is 279 g/mol. The van der Waals surface area contributed by atoms with Crippen LogP contribution < -0.4 is 10.6 Å². The number of para-hydroxylation sites is 1. The Kier molecular flexibility index (Phi) is 5.67. The first kappa shape index (κ1) is 15.6. The Balaban J connectivity index is 2.69. The third-order valence-corrected chi connectivity index (χ3v) is 2.61. The van der Waals surface area contributed by atoms with Crippen LogP contribution in [0.5, 0.6) is 0 Å². The second kappa shape index (κ2) is 7.25. The van der Waals surface area contributed by atoms with Gasteiger partial charge in [-0.05, 0) is 12.1 Å². The summed E-state index contributed by atoms with van der Waals surface area (Å²) in [6.07, 6.45) is 0. The molecule has 0 aromatic heterocycles. The number of carbonyl (C=O) groups is 3. The number of hydrogen-bond acceptors (Lipinski definition) is 4. The Labute approximate surface area is 116 Å². The number of amides is 2. The highest BCUT2D eigenvalue weighted by Gasteiger charge is 2.19. The quantitative estimate of drug-likeness (QED) is 0.701. The molecule has 108 valence electrons. The van der Waals surface area contributed by atoms with E-state index in [9.17, 15) is 14.4 Å². The Morgan fingerprint density at radius 2 is 1.70 bits per heavy atom. The van der Waals surface area contributed by atoms with Crippen molar-refractivity contribution in [3.8, 4) is 0 Å². The van der Waals surface area contributed by atoms with Crippen LogP contribution in [-0.2, 0) is 14.4 Å². The lowest BCUT2D eigenvalue weighted by Gasteiger charge is -2.22. The number of benzene rings is 1. The maximum Gasteiger partial charge on any atom is 0.317 e. The molecule has 0 unspecified atom stereocenters. The van der Waals surface area contributed by atoms with Gasteiger partial charge in [0.25, 0.3) is 0 Å². The fraction of sp³-hybridized carbons (Fsp3) is 0.308. The molecule has 0 saturated carbocycles. The number of carbonyl (C=O) groups excluding carboxylic acids is 2. The summed E-state index contributed by atoms with van der Waals surface area (Å²) in [4.78, 5) is 36.2. The molecule has 0 spiro atoms. The van der Waals surface area contributed by atoms with E-state index in [-0.39, 0.29) is 19.0 Å². The minimum atomic E-state index is -1.12. The van der Waals surface area contributed by atoms with Gasteiger partial charge in [-0.25, -0.2) is 0 Å². The molecule has 0 saturated heterocycles. The number of anilines is 1. The van der Waals surface area contributed by atoms with Crippen molar-refractivity contribution in [3.05, 3.63) is 30.3 Å². The van der Waals surface area contributed by atoms with E-state index in [1.165, 1.54) is 9.80 Å². The maximum atomic E-state index is 12.1. The van der Waals surface area contributed by atoms with E-state index in [0.29, 0.717) is 5.69 Å². The average Bonchev–Trinajstić information content (AvgIpc) is 2.37. The van der Waals surface area contributed by atoms with Crippen LogP contribution in [0.25, 0.3) is 0 Å². The molecule has 20 heavy (non-hydrogen) atoms. The lowest BCUT2D eigenvalue weighted by atomic mass is 10.3. The second-order valence-electron chi connectivity index (χ2n) is 4.29. The largest absolute Gasteiger partial charge is 0.480 e. The normalized spacial score (nSPS) is 10.3. The fourth-order valence-electron chi connectivity index (χ4n) is 1.67. The van der Waals surface area contributed by atoms with Crippen LogP contribution in [0.2, 0.25) is 0 Å². The lowest BCUT2D eigenvalue weighted by molar-refractivity contribution is -0.138. The summed E-state index contributed by atoms with van der Waals surface area (Å²) in [6, 6.07) is 8.92. The number of aliphatic carboxylic acids is 1. The molecule has 1 aromatic rings. The van der Waals surface area contributed by atoms with Crippen molar-refractivity contribution < 1.29 is 19.5 Å². The summed E-state index contributed by atoms with van der Waals surface area (Å²) in [5.74, 6) is -2.12. The molecule has 0 bridgehead atoms. The van der Waals surface area contributed by atoms with Crippen molar-refractivity contribution in [2.75, 3.05) is 31.6 Å². The van der Waals surface area contributed by atoms with Crippen LogP contribution in [-0.4, -0.2) is 54.5 Å². The van der Waals surface area contributed by atoms with E-state index in [1.54, 1.807) is 31.3 Å². The molecule has 7 nitrogen and oxygen atoms in total. The molecule has 7 heteroatoms. The number of hydrogen-bond donors (Lipinski definition) is 2. The van der Waals surface area contributed by atoms with Crippen LogP contribution in [0.4, 0.5) is 5.69 Å².